The Morgan fingerprint density at radius 3 is 2.73 bits per heavy atom. The predicted octanol–water partition coefficient (Wildman–Crippen LogP) is 3.10. The van der Waals surface area contributed by atoms with Crippen LogP contribution in [0.4, 0.5) is 0 Å². The maximum Gasteiger partial charge on any atom is 0.104 e. The van der Waals surface area contributed by atoms with Crippen LogP contribution in [0.3, 0.4) is 0 Å². The number of hydrogen-bond donors (Lipinski definition) is 0. The Balaban J connectivity index is 2.65. The number of rotatable bonds is 2. The molecule has 1 nitrogen and oxygen atoms in total. The molecule has 0 aromatic carbocycles. The molecule has 0 spiro atoms. The molecule has 0 atom stereocenters. The second kappa shape index (κ2) is 3.42. The smallest absolute Gasteiger partial charge is 0.104 e. The van der Waals surface area contributed by atoms with Gasteiger partial charge in [0, 0.05) is 0 Å². The summed E-state index contributed by atoms with van der Waals surface area (Å²) in [6.45, 7) is 6.21. The van der Waals surface area contributed by atoms with Crippen LogP contribution in [-0.2, 0) is 6.42 Å². The first-order valence-corrected chi connectivity index (χ1v) is 3.86. The highest BCUT2D eigenvalue weighted by Crippen LogP contribution is 2.10. The van der Waals surface area contributed by atoms with Crippen LogP contribution in [-0.4, -0.2) is 0 Å². The Bertz CT molecular complexity index is 252. The van der Waals surface area contributed by atoms with Gasteiger partial charge in [0.05, 0.1) is 6.26 Å². The summed E-state index contributed by atoms with van der Waals surface area (Å²) in [4.78, 5) is 0. The van der Waals surface area contributed by atoms with Crippen molar-refractivity contribution >= 4 is 0 Å². The van der Waals surface area contributed by atoms with Gasteiger partial charge in [-0.05, 0) is 38.8 Å². The normalized spacial score (nSPS) is 9.73. The first-order valence-electron chi connectivity index (χ1n) is 3.86. The lowest BCUT2D eigenvalue weighted by Gasteiger charge is -1.92. The highest BCUT2D eigenvalue weighted by Gasteiger charge is 1.97. The SMILES string of the molecule is CC(C)=CCc1ccoc1C. The highest BCUT2D eigenvalue weighted by atomic mass is 16.3. The van der Waals surface area contributed by atoms with Gasteiger partial charge in [-0.3, -0.25) is 0 Å². The molecule has 0 aliphatic carbocycles. The third-order valence-electron chi connectivity index (χ3n) is 1.70. The lowest BCUT2D eigenvalue weighted by Crippen LogP contribution is -1.80. The fraction of sp³-hybridized carbons (Fsp3) is 0.400. The van der Waals surface area contributed by atoms with Gasteiger partial charge in [-0.1, -0.05) is 11.6 Å². The van der Waals surface area contributed by atoms with Gasteiger partial charge in [0.2, 0.25) is 0 Å². The summed E-state index contributed by atoms with van der Waals surface area (Å²) in [5, 5.41) is 0. The van der Waals surface area contributed by atoms with Gasteiger partial charge in [0.25, 0.3) is 0 Å². The first kappa shape index (κ1) is 8.12. The summed E-state index contributed by atoms with van der Waals surface area (Å²) >= 11 is 0. The van der Waals surface area contributed by atoms with E-state index >= 15 is 0 Å². The van der Waals surface area contributed by atoms with Crippen LogP contribution < -0.4 is 0 Å². The number of aryl methyl sites for hydroxylation is 1. The minimum atomic E-state index is 0.991. The Morgan fingerprint density at radius 2 is 2.27 bits per heavy atom. The van der Waals surface area contributed by atoms with E-state index in [-0.39, 0.29) is 0 Å². The molecule has 1 aromatic heterocycles. The molecule has 0 fully saturated rings. The van der Waals surface area contributed by atoms with Gasteiger partial charge < -0.3 is 4.42 Å². The van der Waals surface area contributed by atoms with Crippen LogP contribution >= 0.6 is 0 Å². The van der Waals surface area contributed by atoms with Crippen LogP contribution in [0, 0.1) is 6.92 Å². The Morgan fingerprint density at radius 1 is 1.55 bits per heavy atom. The summed E-state index contributed by atoms with van der Waals surface area (Å²) in [6, 6.07) is 2.02. The summed E-state index contributed by atoms with van der Waals surface area (Å²) in [5.74, 6) is 1.03. The molecular weight excluding hydrogens is 136 g/mol. The monoisotopic (exact) mass is 150 g/mol. The molecule has 60 valence electrons. The fourth-order valence-electron chi connectivity index (χ4n) is 0.937. The van der Waals surface area contributed by atoms with Gasteiger partial charge in [-0.25, -0.2) is 0 Å². The summed E-state index contributed by atoms with van der Waals surface area (Å²) < 4.78 is 5.17. The Labute approximate surface area is 67.7 Å². The molecule has 1 aromatic rings. The Kier molecular flexibility index (Phi) is 2.53. The van der Waals surface area contributed by atoms with Crippen LogP contribution in [0.5, 0.6) is 0 Å². The molecule has 0 aliphatic heterocycles. The number of hydrogen-bond acceptors (Lipinski definition) is 1. The average Bonchev–Trinajstić information content (AvgIpc) is 2.31. The van der Waals surface area contributed by atoms with Crippen LogP contribution in [0.15, 0.2) is 28.4 Å². The minimum absolute atomic E-state index is 0.991. The number of furan rings is 1. The van der Waals surface area contributed by atoms with E-state index < -0.39 is 0 Å². The van der Waals surface area contributed by atoms with Crippen molar-refractivity contribution in [3.05, 3.63) is 35.3 Å². The van der Waals surface area contributed by atoms with Crippen LogP contribution in [0.1, 0.15) is 25.2 Å². The number of allylic oxidation sites excluding steroid dienone is 2. The molecule has 1 rings (SSSR count). The third kappa shape index (κ3) is 2.26. The lowest BCUT2D eigenvalue weighted by molar-refractivity contribution is 0.531. The largest absolute Gasteiger partial charge is 0.469 e. The topological polar surface area (TPSA) is 13.1 Å². The molecule has 0 unspecified atom stereocenters. The van der Waals surface area contributed by atoms with Crippen molar-refractivity contribution in [2.45, 2.75) is 27.2 Å². The van der Waals surface area contributed by atoms with Gasteiger partial charge >= 0.3 is 0 Å². The van der Waals surface area contributed by atoms with E-state index in [0.29, 0.717) is 0 Å². The highest BCUT2D eigenvalue weighted by molar-refractivity contribution is 5.19. The van der Waals surface area contributed by atoms with E-state index in [1.807, 2.05) is 13.0 Å². The van der Waals surface area contributed by atoms with E-state index in [1.165, 1.54) is 11.1 Å². The van der Waals surface area contributed by atoms with Crippen molar-refractivity contribution in [2.24, 2.45) is 0 Å². The molecule has 0 amide bonds. The van der Waals surface area contributed by atoms with Crippen LogP contribution in [0.25, 0.3) is 0 Å². The van der Waals surface area contributed by atoms with Crippen molar-refractivity contribution in [1.82, 2.24) is 0 Å². The molecule has 0 saturated heterocycles. The van der Waals surface area contributed by atoms with Crippen molar-refractivity contribution < 1.29 is 4.42 Å². The van der Waals surface area contributed by atoms with E-state index in [4.69, 9.17) is 4.42 Å². The Hall–Kier alpha value is -0.980. The quantitative estimate of drug-likeness (QED) is 0.590. The van der Waals surface area contributed by atoms with Crippen molar-refractivity contribution in [2.75, 3.05) is 0 Å². The third-order valence-corrected chi connectivity index (χ3v) is 1.70. The summed E-state index contributed by atoms with van der Waals surface area (Å²) in [5.41, 5.74) is 2.64. The molecule has 1 heterocycles. The summed E-state index contributed by atoms with van der Waals surface area (Å²) in [7, 11) is 0. The van der Waals surface area contributed by atoms with Crippen LogP contribution in [0.2, 0.25) is 0 Å². The van der Waals surface area contributed by atoms with E-state index in [1.54, 1.807) is 6.26 Å². The standard InChI is InChI=1S/C10H14O/c1-8(2)4-5-10-6-7-11-9(10)3/h4,6-7H,5H2,1-3H3. The van der Waals surface area contributed by atoms with Crippen molar-refractivity contribution in [3.8, 4) is 0 Å². The predicted molar refractivity (Wildman–Crippen MR) is 46.6 cm³/mol. The second-order valence-electron chi connectivity index (χ2n) is 2.99. The minimum Gasteiger partial charge on any atom is -0.469 e. The maximum absolute atomic E-state index is 5.17. The zero-order valence-electron chi connectivity index (χ0n) is 7.35. The van der Waals surface area contributed by atoms with Gasteiger partial charge in [-0.2, -0.15) is 0 Å². The summed E-state index contributed by atoms with van der Waals surface area (Å²) in [6.07, 6.45) is 4.94. The lowest BCUT2D eigenvalue weighted by atomic mass is 10.1. The van der Waals surface area contributed by atoms with E-state index in [2.05, 4.69) is 19.9 Å². The van der Waals surface area contributed by atoms with E-state index in [0.717, 1.165) is 12.2 Å². The first-order chi connectivity index (χ1) is 5.20. The second-order valence-corrected chi connectivity index (χ2v) is 2.99. The van der Waals surface area contributed by atoms with Gasteiger partial charge in [-0.15, -0.1) is 0 Å². The molecular formula is C10H14O. The molecule has 11 heavy (non-hydrogen) atoms. The fourth-order valence-corrected chi connectivity index (χ4v) is 0.937. The molecule has 0 aliphatic rings. The molecule has 0 bridgehead atoms. The van der Waals surface area contributed by atoms with E-state index in [9.17, 15) is 0 Å². The van der Waals surface area contributed by atoms with Gasteiger partial charge in [0.15, 0.2) is 0 Å². The molecule has 1 heteroatoms. The molecule has 0 N–H and O–H groups in total. The average molecular weight is 150 g/mol. The zero-order valence-corrected chi connectivity index (χ0v) is 7.35. The van der Waals surface area contributed by atoms with Gasteiger partial charge in [0.1, 0.15) is 5.76 Å². The maximum atomic E-state index is 5.17. The molecule has 0 saturated carbocycles. The zero-order chi connectivity index (χ0) is 8.27. The van der Waals surface area contributed by atoms with Crippen molar-refractivity contribution in [1.29, 1.82) is 0 Å². The molecule has 0 radical (unpaired) electrons. The van der Waals surface area contributed by atoms with Crippen molar-refractivity contribution in [3.63, 3.8) is 0 Å².